The van der Waals surface area contributed by atoms with Crippen molar-refractivity contribution in [3.05, 3.63) is 211 Å². The van der Waals surface area contributed by atoms with Crippen molar-refractivity contribution in [1.82, 2.24) is 29.9 Å². The first-order valence-corrected chi connectivity index (χ1v) is 13.5. The summed E-state index contributed by atoms with van der Waals surface area (Å²) >= 11 is 0. The normalized spacial score (nSPS) is 9.57. The van der Waals surface area contributed by atoms with Crippen LogP contribution in [0.25, 0.3) is 0 Å². The molecule has 6 aromatic heterocycles. The Morgan fingerprint density at radius 1 is 0.362 bits per heavy atom. The summed E-state index contributed by atoms with van der Waals surface area (Å²) in [4.78, 5) is 43.2. The van der Waals surface area contributed by atoms with Crippen molar-refractivity contribution in [2.24, 2.45) is 0 Å². The third-order valence-corrected chi connectivity index (χ3v) is 5.90. The van der Waals surface area contributed by atoms with Gasteiger partial charge < -0.3 is 30.6 Å². The van der Waals surface area contributed by atoms with Gasteiger partial charge >= 0.3 is 17.1 Å². The van der Waals surface area contributed by atoms with Gasteiger partial charge in [-0.25, -0.2) is 0 Å². The van der Waals surface area contributed by atoms with E-state index in [9.17, 15) is 0 Å². The predicted octanol–water partition coefficient (Wildman–Crippen LogP) is 5.62. The molecule has 0 aliphatic rings. The predicted molar refractivity (Wildman–Crippen MR) is 168 cm³/mol. The minimum Gasteiger partial charge on any atom is -0.356 e. The van der Waals surface area contributed by atoms with Crippen LogP contribution in [0.1, 0.15) is 46.0 Å². The van der Waals surface area contributed by atoms with E-state index < -0.39 is 10.2 Å². The molecule has 47 heavy (non-hydrogen) atoms. The fraction of sp³-hybridized carbons (Fsp3) is 0.0625. The molecular formula is C32H26FeN8O6. The average Bonchev–Trinajstić information content (AvgIpc) is 3.08. The zero-order valence-electron chi connectivity index (χ0n) is 24.4. The molecule has 0 saturated heterocycles. The van der Waals surface area contributed by atoms with Crippen molar-refractivity contribution in [2.75, 3.05) is 0 Å². The van der Waals surface area contributed by atoms with Crippen molar-refractivity contribution in [2.45, 2.75) is 11.8 Å². The molecule has 0 spiro atoms. The minimum absolute atomic E-state index is 0. The topological polar surface area (TPSA) is 210 Å². The van der Waals surface area contributed by atoms with Gasteiger partial charge in [0.05, 0.1) is 56.2 Å². The number of pyridine rings is 6. The second-order valence-electron chi connectivity index (χ2n) is 8.84. The van der Waals surface area contributed by atoms with Crippen molar-refractivity contribution in [3.63, 3.8) is 0 Å². The molecule has 0 fully saturated rings. The molecule has 0 amide bonds. The van der Waals surface area contributed by atoms with Crippen LogP contribution < -0.4 is 0 Å². The van der Waals surface area contributed by atoms with E-state index in [1.54, 1.807) is 37.2 Å². The summed E-state index contributed by atoms with van der Waals surface area (Å²) in [6.07, 6.45) is 10.8. The van der Waals surface area contributed by atoms with Gasteiger partial charge in [0, 0.05) is 37.2 Å². The Morgan fingerprint density at radius 2 is 0.511 bits per heavy atom. The van der Waals surface area contributed by atoms with Crippen LogP contribution in [-0.4, -0.2) is 40.1 Å². The molecule has 238 valence electrons. The Kier molecular flexibility index (Phi) is 16.3. The molecule has 6 heterocycles. The van der Waals surface area contributed by atoms with Crippen LogP contribution in [0.2, 0.25) is 0 Å². The Hall–Kier alpha value is -6.18. The Balaban J connectivity index is 0.000000262. The van der Waals surface area contributed by atoms with Gasteiger partial charge in [-0.15, -0.1) is 0 Å². The van der Waals surface area contributed by atoms with Crippen LogP contribution >= 0.6 is 0 Å². The van der Waals surface area contributed by atoms with Gasteiger partial charge in [0.15, 0.2) is 0 Å². The van der Waals surface area contributed by atoms with Crippen LogP contribution in [-0.2, 0) is 17.1 Å². The fourth-order valence-electron chi connectivity index (χ4n) is 4.19. The van der Waals surface area contributed by atoms with E-state index in [0.29, 0.717) is 0 Å². The maximum absolute atomic E-state index is 8.25. The third kappa shape index (κ3) is 13.1. The first-order valence-electron chi connectivity index (χ1n) is 13.5. The van der Waals surface area contributed by atoms with E-state index in [4.69, 9.17) is 30.6 Å². The van der Waals surface area contributed by atoms with Crippen molar-refractivity contribution in [3.8, 4) is 0 Å². The number of aromatic nitrogens is 6. The van der Waals surface area contributed by atoms with Gasteiger partial charge in [0.1, 0.15) is 0 Å². The molecule has 0 aliphatic carbocycles. The van der Waals surface area contributed by atoms with E-state index in [0.717, 1.165) is 34.2 Å². The molecule has 0 saturated carbocycles. The Morgan fingerprint density at radius 3 is 0.617 bits per heavy atom. The van der Waals surface area contributed by atoms with Gasteiger partial charge in [-0.05, 0) is 72.8 Å². The quantitative estimate of drug-likeness (QED) is 0.120. The van der Waals surface area contributed by atoms with Gasteiger partial charge in [-0.2, -0.15) is 0 Å². The molecule has 0 radical (unpaired) electrons. The van der Waals surface area contributed by atoms with Gasteiger partial charge in [0.2, 0.25) is 0 Å². The second-order valence-corrected chi connectivity index (χ2v) is 8.84. The molecule has 0 N–H and O–H groups in total. The van der Waals surface area contributed by atoms with E-state index in [-0.39, 0.29) is 28.9 Å². The summed E-state index contributed by atoms with van der Waals surface area (Å²) in [5.74, 6) is -0.0489. The van der Waals surface area contributed by atoms with E-state index in [1.807, 2.05) is 109 Å². The first kappa shape index (κ1) is 37.0. The van der Waals surface area contributed by atoms with Crippen LogP contribution in [0.15, 0.2) is 146 Å². The molecule has 0 aliphatic heterocycles. The summed E-state index contributed by atoms with van der Waals surface area (Å²) in [5, 5.41) is 29.5. The van der Waals surface area contributed by atoms with Crippen molar-refractivity contribution < 1.29 is 27.2 Å². The zero-order valence-corrected chi connectivity index (χ0v) is 25.5. The maximum Gasteiger partial charge on any atom is 2.00 e. The van der Waals surface area contributed by atoms with Gasteiger partial charge in [-0.1, -0.05) is 36.4 Å². The average molecular weight is 674 g/mol. The number of rotatable bonds is 6. The van der Waals surface area contributed by atoms with Crippen molar-refractivity contribution in [1.29, 1.82) is 0 Å². The maximum atomic E-state index is 8.25. The van der Waals surface area contributed by atoms with E-state index in [1.165, 1.54) is 0 Å². The Labute approximate surface area is 279 Å². The van der Waals surface area contributed by atoms with E-state index in [2.05, 4.69) is 29.9 Å². The summed E-state index contributed by atoms with van der Waals surface area (Å²) in [6, 6.07) is 35.5. The minimum atomic E-state index is -1.75. The molecule has 6 rings (SSSR count). The van der Waals surface area contributed by atoms with Gasteiger partial charge in [0.25, 0.3) is 0 Å². The van der Waals surface area contributed by atoms with Crippen LogP contribution in [0.4, 0.5) is 0 Å². The number of hydrogen-bond acceptors (Lipinski definition) is 12. The molecule has 0 atom stereocenters. The molecule has 0 aromatic carbocycles. The molecule has 6 aromatic rings. The molecule has 14 nitrogen and oxygen atoms in total. The number of hydrogen-bond donors (Lipinski definition) is 0. The van der Waals surface area contributed by atoms with Gasteiger partial charge in [-0.3, -0.25) is 29.9 Å². The first-order chi connectivity index (χ1) is 22.4. The fourth-order valence-corrected chi connectivity index (χ4v) is 4.19. The SMILES string of the molecule is O=[N+]([O-])[O-].O=[N+]([O-])[O-].[Fe+2].c1ccc(C(c2ccccn2)c2ccccn2)nc1.c1ccc(C(c2ccccn2)c2ccccn2)nc1. The third-order valence-electron chi connectivity index (χ3n) is 5.90. The second kappa shape index (κ2) is 20.7. The molecular weight excluding hydrogens is 648 g/mol. The molecule has 15 heteroatoms. The van der Waals surface area contributed by atoms with Crippen LogP contribution in [0, 0.1) is 30.6 Å². The summed E-state index contributed by atoms with van der Waals surface area (Å²) < 4.78 is 0. The van der Waals surface area contributed by atoms with Crippen molar-refractivity contribution >= 4 is 0 Å². The molecule has 0 bridgehead atoms. The molecule has 0 unspecified atom stereocenters. The van der Waals surface area contributed by atoms with Crippen LogP contribution in [0.5, 0.6) is 0 Å². The monoisotopic (exact) mass is 674 g/mol. The Bertz CT molecular complexity index is 1390. The summed E-state index contributed by atoms with van der Waals surface area (Å²) in [6.45, 7) is 0. The number of nitrogens with zero attached hydrogens (tertiary/aromatic N) is 8. The summed E-state index contributed by atoms with van der Waals surface area (Å²) in [7, 11) is 0. The summed E-state index contributed by atoms with van der Waals surface area (Å²) in [5.41, 5.74) is 5.75. The largest absolute Gasteiger partial charge is 2.00 e. The van der Waals surface area contributed by atoms with Crippen LogP contribution in [0.3, 0.4) is 0 Å². The smallest absolute Gasteiger partial charge is 0.356 e. The standard InChI is InChI=1S/2C16H13N3.Fe.2NO3/c2*1-4-10-17-13(7-1)16(14-8-2-5-11-18-14)15-9-3-6-12-19-15;;2*2-1(3)4/h2*1-12,16H;;;/q;;+2;2*-1. The zero-order chi connectivity index (χ0) is 33.0. The van der Waals surface area contributed by atoms with E-state index >= 15 is 0 Å².